The summed E-state index contributed by atoms with van der Waals surface area (Å²) in [6.07, 6.45) is 2.92. The first-order valence-electron chi connectivity index (χ1n) is 8.77. The van der Waals surface area contributed by atoms with Crippen LogP contribution in [0.2, 0.25) is 0 Å². The van der Waals surface area contributed by atoms with Gasteiger partial charge in [0.05, 0.1) is 17.8 Å². The highest BCUT2D eigenvalue weighted by Crippen LogP contribution is 2.45. The first-order valence-corrected chi connectivity index (χ1v) is 8.77. The van der Waals surface area contributed by atoms with Crippen LogP contribution in [0.1, 0.15) is 43.1 Å². The predicted octanol–water partition coefficient (Wildman–Crippen LogP) is 2.54. The molecule has 0 unspecified atom stereocenters. The molecule has 1 amide bonds. The molecule has 9 nitrogen and oxygen atoms in total. The van der Waals surface area contributed by atoms with Gasteiger partial charge < -0.3 is 10.1 Å². The summed E-state index contributed by atoms with van der Waals surface area (Å²) in [7, 11) is 0. The van der Waals surface area contributed by atoms with Crippen molar-refractivity contribution in [3.63, 3.8) is 0 Å². The van der Waals surface area contributed by atoms with Gasteiger partial charge >= 0.3 is 6.61 Å². The number of alkyl halides is 2. The van der Waals surface area contributed by atoms with Crippen LogP contribution in [0, 0.1) is 17.3 Å². The highest BCUT2D eigenvalue weighted by Gasteiger charge is 2.43. The van der Waals surface area contributed by atoms with Crippen molar-refractivity contribution in [2.24, 2.45) is 0 Å². The van der Waals surface area contributed by atoms with Crippen LogP contribution in [0.25, 0.3) is 5.65 Å². The lowest BCUT2D eigenvalue weighted by atomic mass is 9.88. The molecule has 1 N–H and O–H groups in total. The van der Waals surface area contributed by atoms with Crippen molar-refractivity contribution in [1.82, 2.24) is 24.6 Å². The lowest BCUT2D eigenvalue weighted by Gasteiger charge is -2.19. The molecule has 12 heteroatoms. The number of nitrogens with zero attached hydrogens (tertiary/aromatic N) is 6. The third kappa shape index (κ3) is 3.28. The van der Waals surface area contributed by atoms with Crippen LogP contribution in [0.3, 0.4) is 0 Å². The summed E-state index contributed by atoms with van der Waals surface area (Å²) in [6.45, 7) is 0.644. The second kappa shape index (κ2) is 6.94. The molecule has 0 aromatic carbocycles. The van der Waals surface area contributed by atoms with Crippen molar-refractivity contribution in [3.05, 3.63) is 41.4 Å². The first kappa shape index (κ1) is 19.6. The molecule has 154 valence electrons. The number of aromatic nitrogens is 5. The van der Waals surface area contributed by atoms with Crippen LogP contribution < -0.4 is 10.1 Å². The number of carbonyl (C=O) groups is 1. The predicted molar refractivity (Wildman–Crippen MR) is 95.3 cm³/mol. The van der Waals surface area contributed by atoms with E-state index in [1.807, 2.05) is 13.8 Å². The molecule has 1 atom stereocenters. The lowest BCUT2D eigenvalue weighted by molar-refractivity contribution is -0.117. The average molecular weight is 417 g/mol. The van der Waals surface area contributed by atoms with Crippen LogP contribution in [-0.4, -0.2) is 37.1 Å². The fourth-order valence-electron chi connectivity index (χ4n) is 3.70. The number of hydrogen-bond acceptors (Lipinski definition) is 7. The van der Waals surface area contributed by atoms with Crippen molar-refractivity contribution in [2.45, 2.75) is 38.2 Å². The van der Waals surface area contributed by atoms with Gasteiger partial charge in [0.15, 0.2) is 11.5 Å². The van der Waals surface area contributed by atoms with Gasteiger partial charge in [-0.3, -0.25) is 4.79 Å². The molecule has 0 radical (unpaired) electrons. The Hall–Kier alpha value is -3.75. The standard InChI is InChI=1S/C18H14F3N7O2/c1-18(2)4-8(9-6-23-13-3-11(19)27-28(13)14(9)18)15(29)26-12-7-24-16(30-17(20)21)10(5-22)25-12/h3,6-8,17H,4H2,1-2H3,(H,25,26,29)/t8-/m1/s1. The summed E-state index contributed by atoms with van der Waals surface area (Å²) in [4.78, 5) is 24.5. The maximum absolute atomic E-state index is 13.6. The second-order valence-corrected chi connectivity index (χ2v) is 7.33. The van der Waals surface area contributed by atoms with Crippen molar-refractivity contribution < 1.29 is 22.7 Å². The minimum Gasteiger partial charge on any atom is -0.414 e. The molecular weight excluding hydrogens is 403 g/mol. The Bertz CT molecular complexity index is 1200. The van der Waals surface area contributed by atoms with Gasteiger partial charge in [-0.05, 0) is 6.42 Å². The van der Waals surface area contributed by atoms with Crippen LogP contribution in [0.4, 0.5) is 19.0 Å². The van der Waals surface area contributed by atoms with E-state index in [-0.39, 0.29) is 5.82 Å². The third-order valence-corrected chi connectivity index (χ3v) is 4.83. The Balaban J connectivity index is 1.65. The summed E-state index contributed by atoms with van der Waals surface area (Å²) < 4.78 is 43.9. The maximum atomic E-state index is 13.6. The molecule has 3 aromatic heterocycles. The Labute approximate surface area is 167 Å². The zero-order valence-corrected chi connectivity index (χ0v) is 15.7. The van der Waals surface area contributed by atoms with Crippen molar-refractivity contribution >= 4 is 17.4 Å². The van der Waals surface area contributed by atoms with E-state index in [1.165, 1.54) is 16.8 Å². The first-order chi connectivity index (χ1) is 14.2. The molecule has 0 aliphatic heterocycles. The van der Waals surface area contributed by atoms with E-state index in [1.54, 1.807) is 6.07 Å². The zero-order chi connectivity index (χ0) is 21.6. The molecule has 0 bridgehead atoms. The number of fused-ring (bicyclic) bond motifs is 3. The van der Waals surface area contributed by atoms with Gasteiger partial charge in [0, 0.05) is 23.2 Å². The molecule has 4 rings (SSSR count). The number of ether oxygens (including phenoxy) is 1. The van der Waals surface area contributed by atoms with Crippen LogP contribution in [0.15, 0.2) is 18.5 Å². The van der Waals surface area contributed by atoms with Gasteiger partial charge in [-0.2, -0.15) is 18.4 Å². The molecule has 30 heavy (non-hydrogen) atoms. The van der Waals surface area contributed by atoms with Crippen molar-refractivity contribution in [3.8, 4) is 11.9 Å². The van der Waals surface area contributed by atoms with E-state index >= 15 is 0 Å². The average Bonchev–Trinajstić information content (AvgIpc) is 3.18. The summed E-state index contributed by atoms with van der Waals surface area (Å²) in [5.41, 5.74) is 0.588. The van der Waals surface area contributed by atoms with Crippen LogP contribution in [0.5, 0.6) is 5.88 Å². The number of carbonyl (C=O) groups excluding carboxylic acids is 1. The number of hydrogen-bond donors (Lipinski definition) is 1. The van der Waals surface area contributed by atoms with E-state index in [4.69, 9.17) is 5.26 Å². The van der Waals surface area contributed by atoms with E-state index in [0.717, 1.165) is 6.20 Å². The Kier molecular flexibility index (Phi) is 4.53. The Morgan fingerprint density at radius 3 is 2.87 bits per heavy atom. The van der Waals surface area contributed by atoms with Gasteiger partial charge in [0.25, 0.3) is 5.88 Å². The molecule has 0 saturated carbocycles. The smallest absolute Gasteiger partial charge is 0.388 e. The maximum Gasteiger partial charge on any atom is 0.388 e. The minimum absolute atomic E-state index is 0.0939. The molecule has 1 aliphatic rings. The molecule has 3 aromatic rings. The van der Waals surface area contributed by atoms with Crippen molar-refractivity contribution in [1.29, 1.82) is 5.26 Å². The highest BCUT2D eigenvalue weighted by molar-refractivity contribution is 5.96. The fraction of sp³-hybridized carbons (Fsp3) is 0.333. The fourth-order valence-corrected chi connectivity index (χ4v) is 3.70. The van der Waals surface area contributed by atoms with Gasteiger partial charge in [0.1, 0.15) is 6.07 Å². The minimum atomic E-state index is -3.17. The molecule has 0 spiro atoms. The summed E-state index contributed by atoms with van der Waals surface area (Å²) in [6, 6.07) is 2.80. The topological polar surface area (TPSA) is 118 Å². The molecule has 3 heterocycles. The van der Waals surface area contributed by atoms with Gasteiger partial charge in [-0.25, -0.2) is 19.5 Å². The lowest BCUT2D eigenvalue weighted by Crippen LogP contribution is -2.22. The molecule has 0 fully saturated rings. The number of rotatable bonds is 4. The summed E-state index contributed by atoms with van der Waals surface area (Å²) in [5.74, 6) is -2.52. The van der Waals surface area contributed by atoms with E-state index in [0.29, 0.717) is 23.3 Å². The Morgan fingerprint density at radius 2 is 2.17 bits per heavy atom. The number of nitrogens with one attached hydrogen (secondary N) is 1. The third-order valence-electron chi connectivity index (χ3n) is 4.83. The van der Waals surface area contributed by atoms with Gasteiger partial charge in [-0.1, -0.05) is 13.8 Å². The number of amides is 1. The van der Waals surface area contributed by atoms with Crippen LogP contribution >= 0.6 is 0 Å². The highest BCUT2D eigenvalue weighted by atomic mass is 19.3. The van der Waals surface area contributed by atoms with E-state index in [9.17, 15) is 18.0 Å². The van der Waals surface area contributed by atoms with Crippen LogP contribution in [-0.2, 0) is 10.2 Å². The number of nitriles is 1. The SMILES string of the molecule is CC1(C)C[C@@H](C(=O)Nc2cnc(OC(F)F)c(C#N)n2)c2cnc3cc(F)nn3c21. The zero-order valence-electron chi connectivity index (χ0n) is 15.7. The van der Waals surface area contributed by atoms with Crippen molar-refractivity contribution in [2.75, 3.05) is 5.32 Å². The normalized spacial score (nSPS) is 17.0. The monoisotopic (exact) mass is 417 g/mol. The molecule has 1 aliphatic carbocycles. The van der Waals surface area contributed by atoms with E-state index in [2.05, 4.69) is 30.1 Å². The van der Waals surface area contributed by atoms with E-state index < -0.39 is 41.4 Å². The summed E-state index contributed by atoms with van der Waals surface area (Å²) >= 11 is 0. The Morgan fingerprint density at radius 1 is 1.40 bits per heavy atom. The largest absolute Gasteiger partial charge is 0.414 e. The quantitative estimate of drug-likeness (QED) is 0.693. The molecular formula is C18H14F3N7O2. The van der Waals surface area contributed by atoms with Gasteiger partial charge in [-0.15, -0.1) is 5.10 Å². The summed E-state index contributed by atoms with van der Waals surface area (Å²) in [5, 5.41) is 15.4. The molecule has 0 saturated heterocycles. The van der Waals surface area contributed by atoms with Gasteiger partial charge in [0.2, 0.25) is 17.5 Å². The second-order valence-electron chi connectivity index (χ2n) is 7.33. The number of anilines is 1. The number of halogens is 3.